The number of rotatable bonds is 6. The maximum Gasteiger partial charge on any atom is 0.247 e. The quantitative estimate of drug-likeness (QED) is 0.773. The SMILES string of the molecule is CCOCCC(=O)N1CCCCC1C(=O)Nc1ccc(Cl)c(Cl)c1. The fourth-order valence-electron chi connectivity index (χ4n) is 2.75. The molecule has 0 radical (unpaired) electrons. The molecule has 2 amide bonds. The molecule has 7 heteroatoms. The average molecular weight is 373 g/mol. The highest BCUT2D eigenvalue weighted by atomic mass is 35.5. The van der Waals surface area contributed by atoms with Crippen LogP contribution in [-0.2, 0) is 14.3 Å². The van der Waals surface area contributed by atoms with Crippen LogP contribution in [0.2, 0.25) is 10.0 Å². The number of likely N-dealkylation sites (tertiary alicyclic amines) is 1. The van der Waals surface area contributed by atoms with Crippen LogP contribution in [-0.4, -0.2) is 42.5 Å². The minimum absolute atomic E-state index is 0.0440. The van der Waals surface area contributed by atoms with Crippen LogP contribution in [0.1, 0.15) is 32.6 Å². The summed E-state index contributed by atoms with van der Waals surface area (Å²) in [5, 5.41) is 3.63. The van der Waals surface area contributed by atoms with E-state index in [4.69, 9.17) is 27.9 Å². The molecule has 1 aliphatic heterocycles. The Morgan fingerprint density at radius 3 is 2.79 bits per heavy atom. The van der Waals surface area contributed by atoms with Crippen LogP contribution in [0.15, 0.2) is 18.2 Å². The van der Waals surface area contributed by atoms with E-state index < -0.39 is 6.04 Å². The first kappa shape index (κ1) is 19.0. The van der Waals surface area contributed by atoms with Crippen molar-refractivity contribution in [3.63, 3.8) is 0 Å². The predicted octanol–water partition coefficient (Wildman–Crippen LogP) is 3.74. The van der Waals surface area contributed by atoms with Gasteiger partial charge in [0.1, 0.15) is 6.04 Å². The molecule has 1 aromatic rings. The highest BCUT2D eigenvalue weighted by Crippen LogP contribution is 2.26. The van der Waals surface area contributed by atoms with E-state index in [1.165, 1.54) is 0 Å². The lowest BCUT2D eigenvalue weighted by atomic mass is 10.0. The Bertz CT molecular complexity index is 595. The first-order valence-corrected chi connectivity index (χ1v) is 8.91. The molecule has 1 saturated heterocycles. The summed E-state index contributed by atoms with van der Waals surface area (Å²) in [5.41, 5.74) is 0.571. The van der Waals surface area contributed by atoms with E-state index in [0.717, 1.165) is 12.8 Å². The third-order valence-corrected chi connectivity index (χ3v) is 4.72. The minimum Gasteiger partial charge on any atom is -0.381 e. The van der Waals surface area contributed by atoms with E-state index in [-0.39, 0.29) is 11.8 Å². The van der Waals surface area contributed by atoms with Crippen molar-refractivity contribution in [2.75, 3.05) is 25.1 Å². The molecule has 1 N–H and O–H groups in total. The van der Waals surface area contributed by atoms with Crippen molar-refractivity contribution < 1.29 is 14.3 Å². The molecule has 0 spiro atoms. The van der Waals surface area contributed by atoms with Crippen molar-refractivity contribution in [3.05, 3.63) is 28.2 Å². The van der Waals surface area contributed by atoms with Crippen molar-refractivity contribution in [2.45, 2.75) is 38.6 Å². The van der Waals surface area contributed by atoms with E-state index in [9.17, 15) is 9.59 Å². The Morgan fingerprint density at radius 1 is 1.29 bits per heavy atom. The number of anilines is 1. The van der Waals surface area contributed by atoms with Gasteiger partial charge in [0.25, 0.3) is 0 Å². The molecule has 1 unspecified atom stereocenters. The molecular formula is C17H22Cl2N2O3. The smallest absolute Gasteiger partial charge is 0.247 e. The molecule has 1 atom stereocenters. The van der Waals surface area contributed by atoms with E-state index in [1.807, 2.05) is 6.92 Å². The Kier molecular flexibility index (Phi) is 7.34. The second-order valence-corrected chi connectivity index (χ2v) is 6.48. The minimum atomic E-state index is -0.456. The standard InChI is InChI=1S/C17H22Cl2N2O3/c1-2-24-10-8-16(22)21-9-4-3-5-15(21)17(23)20-12-6-7-13(18)14(19)11-12/h6-7,11,15H,2-5,8-10H2,1H3,(H,20,23). The highest BCUT2D eigenvalue weighted by Gasteiger charge is 2.31. The van der Waals surface area contributed by atoms with E-state index in [0.29, 0.717) is 48.3 Å². The second kappa shape index (κ2) is 9.25. The number of carbonyl (C=O) groups excluding carboxylic acids is 2. The third-order valence-electron chi connectivity index (χ3n) is 3.98. The topological polar surface area (TPSA) is 58.6 Å². The Balaban J connectivity index is 2.01. The summed E-state index contributed by atoms with van der Waals surface area (Å²) >= 11 is 11.9. The molecule has 132 valence electrons. The molecule has 1 heterocycles. The number of hydrogen-bond donors (Lipinski definition) is 1. The summed E-state index contributed by atoms with van der Waals surface area (Å²) in [6.45, 7) is 3.45. The first-order valence-electron chi connectivity index (χ1n) is 8.16. The zero-order valence-electron chi connectivity index (χ0n) is 13.7. The van der Waals surface area contributed by atoms with Crippen LogP contribution in [0.3, 0.4) is 0 Å². The monoisotopic (exact) mass is 372 g/mol. The summed E-state index contributed by atoms with van der Waals surface area (Å²) in [7, 11) is 0. The summed E-state index contributed by atoms with van der Waals surface area (Å²) in [6, 6.07) is 4.47. The van der Waals surface area contributed by atoms with Gasteiger partial charge in [-0.1, -0.05) is 23.2 Å². The number of nitrogens with one attached hydrogen (secondary N) is 1. The maximum atomic E-state index is 12.6. The normalized spacial score (nSPS) is 17.6. The molecule has 1 aliphatic rings. The van der Waals surface area contributed by atoms with Crippen LogP contribution >= 0.6 is 23.2 Å². The van der Waals surface area contributed by atoms with Gasteiger partial charge in [0.2, 0.25) is 11.8 Å². The van der Waals surface area contributed by atoms with Crippen molar-refractivity contribution in [3.8, 4) is 0 Å². The number of carbonyl (C=O) groups is 2. The zero-order chi connectivity index (χ0) is 17.5. The fourth-order valence-corrected chi connectivity index (χ4v) is 3.05. The lowest BCUT2D eigenvalue weighted by Crippen LogP contribution is -2.50. The van der Waals surface area contributed by atoms with Gasteiger partial charge in [-0.25, -0.2) is 0 Å². The molecule has 0 saturated carbocycles. The molecule has 2 rings (SSSR count). The van der Waals surface area contributed by atoms with Gasteiger partial charge in [-0.15, -0.1) is 0 Å². The number of nitrogens with zero attached hydrogens (tertiary/aromatic N) is 1. The largest absolute Gasteiger partial charge is 0.381 e. The number of benzene rings is 1. The van der Waals surface area contributed by atoms with Gasteiger partial charge >= 0.3 is 0 Å². The molecular weight excluding hydrogens is 351 g/mol. The predicted molar refractivity (Wildman–Crippen MR) is 95.6 cm³/mol. The van der Waals surface area contributed by atoms with Gasteiger partial charge in [0, 0.05) is 18.8 Å². The number of hydrogen-bond acceptors (Lipinski definition) is 3. The number of amides is 2. The Labute approximate surface area is 152 Å². The van der Waals surface area contributed by atoms with E-state index >= 15 is 0 Å². The van der Waals surface area contributed by atoms with Crippen molar-refractivity contribution >= 4 is 40.7 Å². The van der Waals surface area contributed by atoms with Gasteiger partial charge < -0.3 is 15.0 Å². The van der Waals surface area contributed by atoms with Gasteiger partial charge in [-0.3, -0.25) is 9.59 Å². The first-order chi connectivity index (χ1) is 11.5. The van der Waals surface area contributed by atoms with Crippen molar-refractivity contribution in [1.29, 1.82) is 0 Å². The van der Waals surface area contributed by atoms with E-state index in [1.54, 1.807) is 23.1 Å². The number of piperidine rings is 1. The fraction of sp³-hybridized carbons (Fsp3) is 0.529. The van der Waals surface area contributed by atoms with Crippen LogP contribution in [0.5, 0.6) is 0 Å². The van der Waals surface area contributed by atoms with Crippen LogP contribution in [0.4, 0.5) is 5.69 Å². The van der Waals surface area contributed by atoms with Gasteiger partial charge in [-0.05, 0) is 44.4 Å². The molecule has 0 aliphatic carbocycles. The Hall–Kier alpha value is -1.30. The number of ether oxygens (including phenoxy) is 1. The average Bonchev–Trinajstić information content (AvgIpc) is 2.58. The molecule has 0 aromatic heterocycles. The lowest BCUT2D eigenvalue weighted by molar-refractivity contribution is -0.141. The molecule has 0 bridgehead atoms. The van der Waals surface area contributed by atoms with Crippen molar-refractivity contribution in [2.24, 2.45) is 0 Å². The van der Waals surface area contributed by atoms with Crippen LogP contribution < -0.4 is 5.32 Å². The highest BCUT2D eigenvalue weighted by molar-refractivity contribution is 6.42. The molecule has 5 nitrogen and oxygen atoms in total. The van der Waals surface area contributed by atoms with Crippen LogP contribution in [0, 0.1) is 0 Å². The summed E-state index contributed by atoms with van der Waals surface area (Å²) in [4.78, 5) is 26.6. The number of halogens is 2. The van der Waals surface area contributed by atoms with Crippen LogP contribution in [0.25, 0.3) is 0 Å². The second-order valence-electron chi connectivity index (χ2n) is 5.66. The lowest BCUT2D eigenvalue weighted by Gasteiger charge is -2.34. The van der Waals surface area contributed by atoms with Crippen molar-refractivity contribution in [1.82, 2.24) is 4.90 Å². The molecule has 1 fully saturated rings. The van der Waals surface area contributed by atoms with Gasteiger partial charge in [-0.2, -0.15) is 0 Å². The third kappa shape index (κ3) is 5.10. The molecule has 1 aromatic carbocycles. The van der Waals surface area contributed by atoms with Gasteiger partial charge in [0.05, 0.1) is 23.1 Å². The van der Waals surface area contributed by atoms with Gasteiger partial charge in [0.15, 0.2) is 0 Å². The molecule has 24 heavy (non-hydrogen) atoms. The zero-order valence-corrected chi connectivity index (χ0v) is 15.2. The van der Waals surface area contributed by atoms with E-state index in [2.05, 4.69) is 5.32 Å². The maximum absolute atomic E-state index is 12.6. The Morgan fingerprint density at radius 2 is 2.08 bits per heavy atom. The summed E-state index contributed by atoms with van der Waals surface area (Å²) in [5.74, 6) is -0.240. The summed E-state index contributed by atoms with van der Waals surface area (Å²) < 4.78 is 5.24. The summed E-state index contributed by atoms with van der Waals surface area (Å²) in [6.07, 6.45) is 2.80.